The van der Waals surface area contributed by atoms with Gasteiger partial charge >= 0.3 is 6.09 Å². The van der Waals surface area contributed by atoms with Gasteiger partial charge in [-0.25, -0.2) is 4.79 Å². The Hall–Kier alpha value is -4.34. The van der Waals surface area contributed by atoms with Crippen LogP contribution in [0.25, 0.3) is 10.9 Å². The van der Waals surface area contributed by atoms with Crippen molar-refractivity contribution >= 4 is 34.7 Å². The number of nitrogens with one attached hydrogen (secondary N) is 4. The molecule has 10 heteroatoms. The minimum atomic E-state index is -1.44. The minimum Gasteiger partial charge on any atom is -0.465 e. The smallest absolute Gasteiger partial charge is 0.405 e. The number of carboxylic acid groups (broad SMARTS) is 1. The van der Waals surface area contributed by atoms with E-state index in [4.69, 9.17) is 5.11 Å². The third-order valence-corrected chi connectivity index (χ3v) is 6.82. The van der Waals surface area contributed by atoms with Crippen LogP contribution in [0.5, 0.6) is 0 Å². The molecule has 0 saturated heterocycles. The molecule has 200 valence electrons. The van der Waals surface area contributed by atoms with Crippen molar-refractivity contribution in [2.45, 2.75) is 51.7 Å². The fraction of sp³-hybridized carbons (Fsp3) is 0.357. The first-order valence-corrected chi connectivity index (χ1v) is 12.6. The van der Waals surface area contributed by atoms with Crippen LogP contribution >= 0.6 is 0 Å². The second kappa shape index (κ2) is 11.0. The first-order valence-electron chi connectivity index (χ1n) is 12.6. The average molecular weight is 520 g/mol. The van der Waals surface area contributed by atoms with E-state index >= 15 is 0 Å². The van der Waals surface area contributed by atoms with E-state index in [1.165, 1.54) is 13.8 Å². The molecule has 0 bridgehead atoms. The maximum absolute atomic E-state index is 13.8. The highest BCUT2D eigenvalue weighted by Gasteiger charge is 2.35. The van der Waals surface area contributed by atoms with Crippen LogP contribution in [0.2, 0.25) is 0 Å². The average Bonchev–Trinajstić information content (AvgIpc) is 3.29. The van der Waals surface area contributed by atoms with E-state index in [1.54, 1.807) is 11.0 Å². The summed E-state index contributed by atoms with van der Waals surface area (Å²) in [5.74, 6) is -0.983. The van der Waals surface area contributed by atoms with Gasteiger partial charge in [-0.1, -0.05) is 24.3 Å². The summed E-state index contributed by atoms with van der Waals surface area (Å²) in [6.45, 7) is 6.09. The molecule has 0 spiro atoms. The van der Waals surface area contributed by atoms with Crippen LogP contribution < -0.4 is 16.0 Å². The van der Waals surface area contributed by atoms with Crippen LogP contribution in [0, 0.1) is 0 Å². The molecule has 10 nitrogen and oxygen atoms in total. The van der Waals surface area contributed by atoms with Gasteiger partial charge in [-0.05, 0) is 62.1 Å². The first kappa shape index (κ1) is 26.7. The molecular weight excluding hydrogens is 486 g/mol. The number of para-hydroxylation sites is 1. The Balaban J connectivity index is 1.57. The molecule has 5 N–H and O–H groups in total. The van der Waals surface area contributed by atoms with Crippen LogP contribution in [0.3, 0.4) is 0 Å². The van der Waals surface area contributed by atoms with Crippen LogP contribution in [-0.4, -0.2) is 63.5 Å². The number of nitrogens with zero attached hydrogens (tertiary/aromatic N) is 1. The summed E-state index contributed by atoms with van der Waals surface area (Å²) >= 11 is 0. The molecule has 1 aromatic heterocycles. The normalized spacial score (nSPS) is 13.9. The molecule has 1 aliphatic heterocycles. The van der Waals surface area contributed by atoms with E-state index in [1.807, 2.05) is 49.5 Å². The van der Waals surface area contributed by atoms with Crippen LogP contribution in [0.1, 0.15) is 47.8 Å². The lowest BCUT2D eigenvalue weighted by molar-refractivity contribution is -0.138. The summed E-state index contributed by atoms with van der Waals surface area (Å²) in [6.07, 6.45) is 1.31. The third-order valence-electron chi connectivity index (χ3n) is 6.82. The molecule has 0 aliphatic carbocycles. The number of carbonyl (C=O) groups excluding carboxylic acids is 3. The summed E-state index contributed by atoms with van der Waals surface area (Å²) in [7, 11) is 0. The van der Waals surface area contributed by atoms with Crippen LogP contribution in [0.4, 0.5) is 4.79 Å². The molecule has 4 amide bonds. The zero-order valence-electron chi connectivity index (χ0n) is 21.8. The molecule has 0 radical (unpaired) electrons. The van der Waals surface area contributed by atoms with Crippen molar-refractivity contribution in [3.05, 3.63) is 70.9 Å². The van der Waals surface area contributed by atoms with E-state index in [0.29, 0.717) is 31.6 Å². The fourth-order valence-electron chi connectivity index (χ4n) is 4.75. The SMILES string of the molecule is CCNC(=O)c1ccc2c(c1)CCN(C(=O)C(Cc1c[nH]c3ccccc13)NC(=O)C(C)(C)NC(=O)O)C2. The fourth-order valence-corrected chi connectivity index (χ4v) is 4.75. The monoisotopic (exact) mass is 519 g/mol. The molecule has 0 fully saturated rings. The summed E-state index contributed by atoms with van der Waals surface area (Å²) in [5.41, 5.74) is 2.90. The molecule has 4 rings (SSSR count). The predicted molar refractivity (Wildman–Crippen MR) is 143 cm³/mol. The Morgan fingerprint density at radius 1 is 1.11 bits per heavy atom. The molecule has 38 heavy (non-hydrogen) atoms. The largest absolute Gasteiger partial charge is 0.465 e. The molecule has 1 aliphatic rings. The minimum absolute atomic E-state index is 0.132. The highest BCUT2D eigenvalue weighted by molar-refractivity contribution is 5.95. The Bertz CT molecular complexity index is 1380. The molecule has 3 aromatic rings. The molecular formula is C28H33N5O5. The maximum Gasteiger partial charge on any atom is 0.405 e. The van der Waals surface area contributed by atoms with Gasteiger partial charge in [-0.2, -0.15) is 0 Å². The number of amides is 4. The van der Waals surface area contributed by atoms with E-state index in [2.05, 4.69) is 20.9 Å². The van der Waals surface area contributed by atoms with E-state index < -0.39 is 23.6 Å². The van der Waals surface area contributed by atoms with Crippen molar-refractivity contribution in [3.8, 4) is 0 Å². The zero-order chi connectivity index (χ0) is 27.4. The lowest BCUT2D eigenvalue weighted by Crippen LogP contribution is -2.59. The predicted octanol–water partition coefficient (Wildman–Crippen LogP) is 2.58. The maximum atomic E-state index is 13.8. The van der Waals surface area contributed by atoms with Gasteiger partial charge < -0.3 is 30.9 Å². The van der Waals surface area contributed by atoms with Gasteiger partial charge in [0.25, 0.3) is 5.91 Å². The highest BCUT2D eigenvalue weighted by Crippen LogP contribution is 2.24. The summed E-state index contributed by atoms with van der Waals surface area (Å²) in [6, 6.07) is 12.3. The summed E-state index contributed by atoms with van der Waals surface area (Å²) < 4.78 is 0. The van der Waals surface area contributed by atoms with Gasteiger partial charge in [-0.3, -0.25) is 14.4 Å². The van der Waals surface area contributed by atoms with Crippen molar-refractivity contribution in [3.63, 3.8) is 0 Å². The Morgan fingerprint density at radius 2 is 1.87 bits per heavy atom. The number of benzene rings is 2. The Morgan fingerprint density at radius 3 is 2.61 bits per heavy atom. The van der Waals surface area contributed by atoms with Gasteiger partial charge in [0.05, 0.1) is 0 Å². The van der Waals surface area contributed by atoms with E-state index in [0.717, 1.165) is 27.6 Å². The van der Waals surface area contributed by atoms with Crippen molar-refractivity contribution in [1.29, 1.82) is 0 Å². The van der Waals surface area contributed by atoms with Gasteiger partial charge in [0.1, 0.15) is 11.6 Å². The van der Waals surface area contributed by atoms with Crippen LogP contribution in [-0.2, 0) is 29.0 Å². The third kappa shape index (κ3) is 5.80. The van der Waals surface area contributed by atoms with Crippen molar-refractivity contribution < 1.29 is 24.3 Å². The van der Waals surface area contributed by atoms with Crippen LogP contribution in [0.15, 0.2) is 48.7 Å². The molecule has 2 aromatic carbocycles. The molecule has 1 atom stereocenters. The topological polar surface area (TPSA) is 144 Å². The zero-order valence-corrected chi connectivity index (χ0v) is 21.8. The van der Waals surface area contributed by atoms with E-state index in [-0.39, 0.29) is 18.2 Å². The quantitative estimate of drug-likeness (QED) is 0.311. The number of H-pyrrole nitrogens is 1. The number of fused-ring (bicyclic) bond motifs is 2. The standard InChI is InChI=1S/C28H33N5O5/c1-4-29-24(34)18-9-10-19-16-33(12-11-17(19)13-18)25(35)23(31-26(36)28(2,3)32-27(37)38)14-20-15-30-22-8-6-5-7-21(20)22/h5-10,13,15,23,30,32H,4,11-12,14,16H2,1-3H3,(H,29,34)(H,31,36)(H,37,38). The number of hydrogen-bond donors (Lipinski definition) is 5. The van der Waals surface area contributed by atoms with Gasteiger partial charge in [0, 0.05) is 48.7 Å². The first-order chi connectivity index (χ1) is 18.1. The van der Waals surface area contributed by atoms with Gasteiger partial charge in [-0.15, -0.1) is 0 Å². The molecule has 0 saturated carbocycles. The number of aromatic nitrogens is 1. The van der Waals surface area contributed by atoms with E-state index in [9.17, 15) is 19.2 Å². The van der Waals surface area contributed by atoms with Crippen molar-refractivity contribution in [2.75, 3.05) is 13.1 Å². The van der Waals surface area contributed by atoms with Gasteiger partial charge in [0.2, 0.25) is 11.8 Å². The molecule has 1 unspecified atom stereocenters. The van der Waals surface area contributed by atoms with Gasteiger partial charge in [0.15, 0.2) is 0 Å². The summed E-state index contributed by atoms with van der Waals surface area (Å²) in [4.78, 5) is 55.2. The second-order valence-electron chi connectivity index (χ2n) is 10.00. The lowest BCUT2D eigenvalue weighted by Gasteiger charge is -2.33. The Kier molecular flexibility index (Phi) is 7.70. The summed E-state index contributed by atoms with van der Waals surface area (Å²) in [5, 5.41) is 17.9. The second-order valence-corrected chi connectivity index (χ2v) is 10.00. The molecule has 2 heterocycles. The highest BCUT2D eigenvalue weighted by atomic mass is 16.4. The number of aromatic amines is 1. The van der Waals surface area contributed by atoms with Crippen molar-refractivity contribution in [2.24, 2.45) is 0 Å². The Labute approximate surface area is 220 Å². The van der Waals surface area contributed by atoms with Crippen molar-refractivity contribution in [1.82, 2.24) is 25.8 Å². The lowest BCUT2D eigenvalue weighted by atomic mass is 9.95. The number of carbonyl (C=O) groups is 4. The number of hydrogen-bond acceptors (Lipinski definition) is 4. The number of rotatable bonds is 8.